The number of carbonyl (C=O) groups excluding carboxylic acids is 1. The van der Waals surface area contributed by atoms with Crippen LogP contribution in [-0.4, -0.2) is 10.9 Å². The number of thioether (sulfide) groups is 1. The van der Waals surface area contributed by atoms with Gasteiger partial charge in [0.2, 0.25) is 5.78 Å². The van der Waals surface area contributed by atoms with E-state index in [0.29, 0.717) is 25.5 Å². The van der Waals surface area contributed by atoms with Crippen LogP contribution in [0.5, 0.6) is 5.75 Å². The topological polar surface area (TPSA) is 37.3 Å². The third-order valence-electron chi connectivity index (χ3n) is 2.92. The Kier molecular flexibility index (Phi) is 3.63. The molecular weight excluding hydrogens is 360 g/mol. The van der Waals surface area contributed by atoms with Gasteiger partial charge in [-0.05, 0) is 46.3 Å². The zero-order valence-electron chi connectivity index (χ0n) is 10.1. The van der Waals surface area contributed by atoms with Gasteiger partial charge in [0, 0.05) is 21.0 Å². The van der Waals surface area contributed by atoms with Crippen LogP contribution in [0.4, 0.5) is 0 Å². The van der Waals surface area contributed by atoms with Crippen molar-refractivity contribution in [2.24, 2.45) is 0 Å². The minimum absolute atomic E-state index is 0.0268. The number of benzene rings is 2. The third-order valence-corrected chi connectivity index (χ3v) is 4.84. The summed E-state index contributed by atoms with van der Waals surface area (Å²) in [5.74, 6) is 0.0485. The van der Waals surface area contributed by atoms with Gasteiger partial charge >= 0.3 is 0 Å². The number of rotatable bonds is 1. The number of carbonyl (C=O) groups is 1. The van der Waals surface area contributed by atoms with Gasteiger partial charge in [-0.15, -0.1) is 0 Å². The van der Waals surface area contributed by atoms with E-state index >= 15 is 0 Å². The van der Waals surface area contributed by atoms with Crippen molar-refractivity contribution in [1.29, 1.82) is 0 Å². The van der Waals surface area contributed by atoms with Crippen molar-refractivity contribution in [3.63, 3.8) is 0 Å². The molecule has 100 valence electrons. The first kappa shape index (κ1) is 13.7. The molecule has 0 atom stereocenters. The van der Waals surface area contributed by atoms with E-state index in [1.807, 2.05) is 18.2 Å². The monoisotopic (exact) mass is 366 g/mol. The van der Waals surface area contributed by atoms with Gasteiger partial charge in [0.05, 0.1) is 9.38 Å². The van der Waals surface area contributed by atoms with Crippen molar-refractivity contribution in [3.05, 3.63) is 61.9 Å². The number of halogens is 2. The molecule has 0 fully saturated rings. The lowest BCUT2D eigenvalue weighted by atomic mass is 10.1. The second kappa shape index (κ2) is 5.28. The zero-order chi connectivity index (χ0) is 14.3. The van der Waals surface area contributed by atoms with E-state index in [1.165, 1.54) is 11.8 Å². The van der Waals surface area contributed by atoms with Crippen LogP contribution in [0.3, 0.4) is 0 Å². The Labute approximate surface area is 133 Å². The summed E-state index contributed by atoms with van der Waals surface area (Å²) in [4.78, 5) is 13.8. The summed E-state index contributed by atoms with van der Waals surface area (Å²) < 4.78 is 0.504. The highest BCUT2D eigenvalue weighted by atomic mass is 79.9. The summed E-state index contributed by atoms with van der Waals surface area (Å²) in [5, 5.41) is 10.5. The number of hydrogen-bond donors (Lipinski definition) is 1. The van der Waals surface area contributed by atoms with Crippen LogP contribution in [-0.2, 0) is 0 Å². The third kappa shape index (κ3) is 2.39. The number of fused-ring (bicyclic) bond motifs is 1. The SMILES string of the molecule is O=C1/C(=C/c2cc(Cl)cc(Br)c2O)Sc2ccccc21. The molecule has 0 saturated carbocycles. The number of phenolic OH excluding ortho intramolecular Hbond substituents is 1. The second-order valence-corrected chi connectivity index (χ2v) is 6.64. The molecule has 2 nitrogen and oxygen atoms in total. The van der Waals surface area contributed by atoms with Gasteiger partial charge in [0.25, 0.3) is 0 Å². The van der Waals surface area contributed by atoms with Crippen molar-refractivity contribution in [2.75, 3.05) is 0 Å². The highest BCUT2D eigenvalue weighted by molar-refractivity contribution is 9.10. The van der Waals surface area contributed by atoms with Gasteiger partial charge in [0.15, 0.2) is 0 Å². The highest BCUT2D eigenvalue weighted by Crippen LogP contribution is 2.42. The lowest BCUT2D eigenvalue weighted by Crippen LogP contribution is -1.93. The van der Waals surface area contributed by atoms with Gasteiger partial charge in [-0.3, -0.25) is 4.79 Å². The Morgan fingerprint density at radius 1 is 1.25 bits per heavy atom. The van der Waals surface area contributed by atoms with E-state index in [9.17, 15) is 9.90 Å². The Balaban J connectivity index is 2.06. The molecule has 2 aromatic rings. The molecule has 0 spiro atoms. The van der Waals surface area contributed by atoms with Crippen LogP contribution in [0.15, 0.2) is 50.7 Å². The highest BCUT2D eigenvalue weighted by Gasteiger charge is 2.25. The summed E-state index contributed by atoms with van der Waals surface area (Å²) in [7, 11) is 0. The van der Waals surface area contributed by atoms with Gasteiger partial charge < -0.3 is 5.11 Å². The molecule has 1 aliphatic heterocycles. The molecule has 0 aliphatic carbocycles. The van der Waals surface area contributed by atoms with Gasteiger partial charge in [0.1, 0.15) is 5.75 Å². The summed E-state index contributed by atoms with van der Waals surface area (Å²) in [6.45, 7) is 0. The number of phenols is 1. The molecule has 0 unspecified atom stereocenters. The van der Waals surface area contributed by atoms with Crippen molar-refractivity contribution in [3.8, 4) is 5.75 Å². The first-order valence-electron chi connectivity index (χ1n) is 5.77. The van der Waals surface area contributed by atoms with E-state index in [1.54, 1.807) is 24.3 Å². The lowest BCUT2D eigenvalue weighted by molar-refractivity contribution is 0.104. The molecule has 1 N–H and O–H groups in total. The van der Waals surface area contributed by atoms with E-state index in [0.717, 1.165) is 4.90 Å². The largest absolute Gasteiger partial charge is 0.506 e. The van der Waals surface area contributed by atoms with Gasteiger partial charge in [-0.25, -0.2) is 0 Å². The molecule has 20 heavy (non-hydrogen) atoms. The Morgan fingerprint density at radius 2 is 2.00 bits per heavy atom. The van der Waals surface area contributed by atoms with Crippen LogP contribution in [0.25, 0.3) is 6.08 Å². The van der Waals surface area contributed by atoms with Crippen LogP contribution in [0.1, 0.15) is 15.9 Å². The molecule has 0 aromatic heterocycles. The molecule has 5 heteroatoms. The van der Waals surface area contributed by atoms with E-state index in [-0.39, 0.29) is 11.5 Å². The van der Waals surface area contributed by atoms with E-state index in [2.05, 4.69) is 15.9 Å². The molecule has 1 heterocycles. The van der Waals surface area contributed by atoms with Crippen LogP contribution in [0.2, 0.25) is 5.02 Å². The molecule has 0 radical (unpaired) electrons. The fourth-order valence-electron chi connectivity index (χ4n) is 1.97. The summed E-state index contributed by atoms with van der Waals surface area (Å²) in [6, 6.07) is 10.7. The molecule has 0 bridgehead atoms. The Bertz CT molecular complexity index is 756. The predicted molar refractivity (Wildman–Crippen MR) is 85.4 cm³/mol. The maximum absolute atomic E-state index is 12.3. The maximum Gasteiger partial charge on any atom is 0.200 e. The zero-order valence-corrected chi connectivity index (χ0v) is 13.2. The lowest BCUT2D eigenvalue weighted by Gasteiger charge is -2.04. The molecule has 0 saturated heterocycles. The van der Waals surface area contributed by atoms with Crippen molar-refractivity contribution >= 4 is 51.2 Å². The predicted octanol–water partition coefficient (Wildman–Crippen LogP) is 5.14. The van der Waals surface area contributed by atoms with E-state index < -0.39 is 0 Å². The maximum atomic E-state index is 12.3. The van der Waals surface area contributed by atoms with Crippen LogP contribution in [0, 0.1) is 0 Å². The summed E-state index contributed by atoms with van der Waals surface area (Å²) >= 11 is 10.6. The first-order chi connectivity index (χ1) is 9.56. The molecule has 3 rings (SSSR count). The number of ketones is 1. The first-order valence-corrected chi connectivity index (χ1v) is 7.76. The number of hydrogen-bond acceptors (Lipinski definition) is 3. The fraction of sp³-hybridized carbons (Fsp3) is 0. The average Bonchev–Trinajstić information content (AvgIpc) is 2.73. The number of aromatic hydroxyl groups is 1. The molecular formula is C15H8BrClO2S. The summed E-state index contributed by atoms with van der Waals surface area (Å²) in [6.07, 6.45) is 1.67. The average molecular weight is 368 g/mol. The normalized spacial score (nSPS) is 15.7. The van der Waals surface area contributed by atoms with Gasteiger partial charge in [-0.1, -0.05) is 35.5 Å². The van der Waals surface area contributed by atoms with Crippen molar-refractivity contribution in [2.45, 2.75) is 4.90 Å². The second-order valence-electron chi connectivity index (χ2n) is 4.26. The van der Waals surface area contributed by atoms with E-state index in [4.69, 9.17) is 11.6 Å². The minimum atomic E-state index is -0.0268. The number of allylic oxidation sites excluding steroid dienone is 1. The molecule has 1 aliphatic rings. The van der Waals surface area contributed by atoms with Crippen LogP contribution < -0.4 is 0 Å². The number of Topliss-reactive ketones (excluding diaryl/α,β-unsaturated/α-hetero) is 1. The smallest absolute Gasteiger partial charge is 0.200 e. The fourth-order valence-corrected chi connectivity index (χ4v) is 3.85. The van der Waals surface area contributed by atoms with Crippen LogP contribution >= 0.6 is 39.3 Å². The van der Waals surface area contributed by atoms with Gasteiger partial charge in [-0.2, -0.15) is 0 Å². The molecule has 0 amide bonds. The Morgan fingerprint density at radius 3 is 2.75 bits per heavy atom. The molecule has 2 aromatic carbocycles. The minimum Gasteiger partial charge on any atom is -0.506 e. The quantitative estimate of drug-likeness (QED) is 0.709. The van der Waals surface area contributed by atoms with Crippen molar-refractivity contribution in [1.82, 2.24) is 0 Å². The standard InChI is InChI=1S/C15H8BrClO2S/c16-11-7-9(17)5-8(14(11)18)6-13-15(19)10-3-1-2-4-12(10)20-13/h1-7,18H/b13-6-. The summed E-state index contributed by atoms with van der Waals surface area (Å²) in [5.41, 5.74) is 1.22. The van der Waals surface area contributed by atoms with Crippen molar-refractivity contribution < 1.29 is 9.90 Å². The Hall–Kier alpha value is -1.23.